The second-order valence-corrected chi connectivity index (χ2v) is 7.20. The van der Waals surface area contributed by atoms with Crippen molar-refractivity contribution >= 4 is 11.6 Å². The highest BCUT2D eigenvalue weighted by atomic mass is 19.1. The first kappa shape index (κ1) is 18.2. The van der Waals surface area contributed by atoms with Crippen LogP contribution in [0, 0.1) is 19.7 Å². The van der Waals surface area contributed by atoms with Gasteiger partial charge in [0, 0.05) is 31.7 Å². The fourth-order valence-electron chi connectivity index (χ4n) is 3.51. The zero-order valence-corrected chi connectivity index (χ0v) is 16.1. The third-order valence-electron chi connectivity index (χ3n) is 5.37. The van der Waals surface area contributed by atoms with Crippen molar-refractivity contribution < 1.29 is 9.18 Å². The van der Waals surface area contributed by atoms with Crippen LogP contribution in [0.4, 0.5) is 10.1 Å². The minimum absolute atomic E-state index is 0.0734. The zero-order valence-electron chi connectivity index (χ0n) is 16.1. The summed E-state index contributed by atoms with van der Waals surface area (Å²) in [5.74, 6) is -0.301. The highest BCUT2D eigenvalue weighted by Crippen LogP contribution is 2.23. The number of hydrogen-bond acceptors (Lipinski definition) is 3. The molecule has 0 bridgehead atoms. The lowest BCUT2D eigenvalue weighted by Gasteiger charge is -2.36. The molecule has 3 aromatic rings. The lowest BCUT2D eigenvalue weighted by Crippen LogP contribution is -2.49. The summed E-state index contributed by atoms with van der Waals surface area (Å²) in [7, 11) is 0. The molecule has 5 nitrogen and oxygen atoms in total. The van der Waals surface area contributed by atoms with Crippen molar-refractivity contribution in [3.05, 3.63) is 71.2 Å². The summed E-state index contributed by atoms with van der Waals surface area (Å²) >= 11 is 0. The van der Waals surface area contributed by atoms with Gasteiger partial charge in [-0.15, -0.1) is 0 Å². The number of aromatic amines is 1. The van der Waals surface area contributed by atoms with Crippen LogP contribution in [0.5, 0.6) is 0 Å². The van der Waals surface area contributed by atoms with E-state index in [9.17, 15) is 9.18 Å². The van der Waals surface area contributed by atoms with Crippen LogP contribution in [-0.2, 0) is 0 Å². The van der Waals surface area contributed by atoms with Gasteiger partial charge in [0.05, 0.1) is 11.4 Å². The Morgan fingerprint density at radius 3 is 2.46 bits per heavy atom. The molecule has 0 saturated carbocycles. The van der Waals surface area contributed by atoms with E-state index in [0.29, 0.717) is 37.6 Å². The number of nitrogens with one attached hydrogen (secondary N) is 1. The predicted molar refractivity (Wildman–Crippen MR) is 108 cm³/mol. The van der Waals surface area contributed by atoms with Crippen LogP contribution in [0.1, 0.15) is 21.6 Å². The zero-order chi connectivity index (χ0) is 19.7. The van der Waals surface area contributed by atoms with Gasteiger partial charge in [0.15, 0.2) is 0 Å². The highest BCUT2D eigenvalue weighted by Gasteiger charge is 2.24. The summed E-state index contributed by atoms with van der Waals surface area (Å²) in [6, 6.07) is 14.7. The number of carbonyl (C=O) groups is 1. The first-order valence-corrected chi connectivity index (χ1v) is 9.45. The molecule has 1 amide bonds. The Bertz CT molecular complexity index is 1010. The molecule has 144 valence electrons. The summed E-state index contributed by atoms with van der Waals surface area (Å²) in [6.45, 7) is 6.43. The normalized spacial score (nSPS) is 14.4. The van der Waals surface area contributed by atoms with Crippen molar-refractivity contribution in [2.75, 3.05) is 31.1 Å². The van der Waals surface area contributed by atoms with E-state index >= 15 is 0 Å². The van der Waals surface area contributed by atoms with Crippen molar-refractivity contribution in [2.45, 2.75) is 13.8 Å². The van der Waals surface area contributed by atoms with E-state index in [1.54, 1.807) is 23.1 Å². The molecular formula is C22H23FN4O. The maximum absolute atomic E-state index is 14.0. The van der Waals surface area contributed by atoms with E-state index < -0.39 is 0 Å². The molecule has 1 saturated heterocycles. The van der Waals surface area contributed by atoms with Gasteiger partial charge >= 0.3 is 0 Å². The molecular weight excluding hydrogens is 355 g/mol. The molecule has 1 N–H and O–H groups in total. The maximum atomic E-state index is 14.0. The second kappa shape index (κ2) is 7.46. The Hall–Kier alpha value is -3.15. The SMILES string of the molecule is Cc1ccc(-c2cc(C(=O)N3CCN(c4ccccc4F)CC3)[nH]n2)cc1C. The molecule has 1 aliphatic heterocycles. The van der Waals surface area contributed by atoms with Gasteiger partial charge < -0.3 is 9.80 Å². The Labute approximate surface area is 163 Å². The molecule has 1 aromatic heterocycles. The van der Waals surface area contributed by atoms with Gasteiger partial charge in [-0.1, -0.05) is 24.3 Å². The molecule has 2 aromatic carbocycles. The summed E-state index contributed by atoms with van der Waals surface area (Å²) in [5.41, 5.74) is 5.24. The van der Waals surface area contributed by atoms with Gasteiger partial charge in [-0.2, -0.15) is 5.10 Å². The predicted octanol–water partition coefficient (Wildman–Crippen LogP) is 3.80. The number of anilines is 1. The standard InChI is InChI=1S/C22H23FN4O/c1-15-7-8-17(13-16(15)2)19-14-20(25-24-19)22(28)27-11-9-26(10-12-27)21-6-4-3-5-18(21)23/h3-8,13-14H,9-12H2,1-2H3,(H,24,25). The number of hydrogen-bond donors (Lipinski definition) is 1. The van der Waals surface area contributed by atoms with E-state index in [0.717, 1.165) is 11.3 Å². The summed E-state index contributed by atoms with van der Waals surface area (Å²) < 4.78 is 14.0. The number of amides is 1. The van der Waals surface area contributed by atoms with Gasteiger partial charge in [-0.25, -0.2) is 4.39 Å². The Morgan fingerprint density at radius 2 is 1.75 bits per heavy atom. The van der Waals surface area contributed by atoms with Gasteiger partial charge in [0.25, 0.3) is 5.91 Å². The van der Waals surface area contributed by atoms with Crippen LogP contribution >= 0.6 is 0 Å². The molecule has 4 rings (SSSR count). The fourth-order valence-corrected chi connectivity index (χ4v) is 3.51. The molecule has 0 aliphatic carbocycles. The van der Waals surface area contributed by atoms with E-state index in [4.69, 9.17) is 0 Å². The maximum Gasteiger partial charge on any atom is 0.272 e. The van der Waals surface area contributed by atoms with Crippen LogP contribution in [0.25, 0.3) is 11.3 Å². The molecule has 6 heteroatoms. The number of H-pyrrole nitrogens is 1. The monoisotopic (exact) mass is 378 g/mol. The minimum Gasteiger partial charge on any atom is -0.366 e. The molecule has 1 fully saturated rings. The Morgan fingerprint density at radius 1 is 1.00 bits per heavy atom. The van der Waals surface area contributed by atoms with Gasteiger partial charge in [0.1, 0.15) is 11.5 Å². The molecule has 2 heterocycles. The fraction of sp³-hybridized carbons (Fsp3) is 0.273. The van der Waals surface area contributed by atoms with Crippen molar-refractivity contribution in [1.82, 2.24) is 15.1 Å². The number of para-hydroxylation sites is 1. The number of piperazine rings is 1. The van der Waals surface area contributed by atoms with Crippen molar-refractivity contribution in [1.29, 1.82) is 0 Å². The van der Waals surface area contributed by atoms with E-state index in [-0.39, 0.29) is 11.7 Å². The summed E-state index contributed by atoms with van der Waals surface area (Å²) in [4.78, 5) is 16.6. The largest absolute Gasteiger partial charge is 0.366 e. The Balaban J connectivity index is 1.44. The number of aryl methyl sites for hydroxylation is 2. The number of carbonyl (C=O) groups excluding carboxylic acids is 1. The third kappa shape index (κ3) is 3.50. The van der Waals surface area contributed by atoms with Crippen molar-refractivity contribution in [3.63, 3.8) is 0 Å². The lowest BCUT2D eigenvalue weighted by molar-refractivity contribution is 0.0740. The van der Waals surface area contributed by atoms with Gasteiger partial charge in [0.2, 0.25) is 0 Å². The number of benzene rings is 2. The smallest absolute Gasteiger partial charge is 0.272 e. The average molecular weight is 378 g/mol. The summed E-state index contributed by atoms with van der Waals surface area (Å²) in [6.07, 6.45) is 0. The third-order valence-corrected chi connectivity index (χ3v) is 5.37. The van der Waals surface area contributed by atoms with Crippen LogP contribution in [0.15, 0.2) is 48.5 Å². The minimum atomic E-state index is -0.228. The lowest BCUT2D eigenvalue weighted by atomic mass is 10.0. The molecule has 0 radical (unpaired) electrons. The topological polar surface area (TPSA) is 52.2 Å². The van der Waals surface area contributed by atoms with Crippen LogP contribution in [-0.4, -0.2) is 47.2 Å². The molecule has 0 atom stereocenters. The van der Waals surface area contributed by atoms with E-state index in [1.165, 1.54) is 17.2 Å². The highest BCUT2D eigenvalue weighted by molar-refractivity contribution is 5.93. The number of rotatable bonds is 3. The van der Waals surface area contributed by atoms with E-state index in [1.807, 2.05) is 17.0 Å². The first-order valence-electron chi connectivity index (χ1n) is 9.45. The first-order chi connectivity index (χ1) is 13.5. The molecule has 28 heavy (non-hydrogen) atoms. The Kier molecular flexibility index (Phi) is 4.86. The van der Waals surface area contributed by atoms with Crippen molar-refractivity contribution in [2.24, 2.45) is 0 Å². The number of nitrogens with zero attached hydrogens (tertiary/aromatic N) is 3. The van der Waals surface area contributed by atoms with Crippen LogP contribution in [0.3, 0.4) is 0 Å². The van der Waals surface area contributed by atoms with Crippen LogP contribution in [0.2, 0.25) is 0 Å². The number of aromatic nitrogens is 2. The average Bonchev–Trinajstić information content (AvgIpc) is 3.20. The van der Waals surface area contributed by atoms with Gasteiger partial charge in [-0.3, -0.25) is 9.89 Å². The molecule has 0 unspecified atom stereocenters. The summed E-state index contributed by atoms with van der Waals surface area (Å²) in [5, 5.41) is 7.19. The second-order valence-electron chi connectivity index (χ2n) is 7.20. The van der Waals surface area contributed by atoms with Crippen molar-refractivity contribution in [3.8, 4) is 11.3 Å². The van der Waals surface area contributed by atoms with Crippen LogP contribution < -0.4 is 4.90 Å². The van der Waals surface area contributed by atoms with Gasteiger partial charge in [-0.05, 0) is 49.2 Å². The quantitative estimate of drug-likeness (QED) is 0.754. The van der Waals surface area contributed by atoms with E-state index in [2.05, 4.69) is 36.2 Å². The molecule has 0 spiro atoms. The molecule has 1 aliphatic rings. The number of halogens is 1.